The van der Waals surface area contributed by atoms with Gasteiger partial charge in [-0.25, -0.2) is 14.3 Å². The van der Waals surface area contributed by atoms with Crippen molar-refractivity contribution in [1.82, 2.24) is 20.1 Å². The molecule has 0 radical (unpaired) electrons. The number of nitrogens with one attached hydrogen (secondary N) is 3. The third kappa shape index (κ3) is 7.72. The average Bonchev–Trinajstić information content (AvgIpc) is 3.01. The first-order valence-electron chi connectivity index (χ1n) is 12.9. The fraction of sp³-hybridized carbons (Fsp3) is 0.172. The van der Waals surface area contributed by atoms with E-state index in [1.165, 1.54) is 36.3 Å². The number of methoxy groups -OCH3 is 1. The van der Waals surface area contributed by atoms with E-state index < -0.39 is 23.5 Å². The smallest absolute Gasteiger partial charge is 0.337 e. The third-order valence-electron chi connectivity index (χ3n) is 6.12. The van der Waals surface area contributed by atoms with Gasteiger partial charge in [0.2, 0.25) is 0 Å². The topological polar surface area (TPSA) is 165 Å². The van der Waals surface area contributed by atoms with E-state index in [0.717, 1.165) is 0 Å². The molecular weight excluding hydrogens is 726 g/mol. The number of amides is 3. The molecular formula is C29H25Cl2IN6O6. The van der Waals surface area contributed by atoms with Gasteiger partial charge in [0.15, 0.2) is 0 Å². The summed E-state index contributed by atoms with van der Waals surface area (Å²) < 4.78 is 5.71. The highest BCUT2D eigenvalue weighted by molar-refractivity contribution is 14.1. The molecule has 0 aliphatic heterocycles. The predicted octanol–water partition coefficient (Wildman–Crippen LogP) is 5.39. The molecule has 2 heterocycles. The number of nitrogens with zero attached hydrogens (tertiary/aromatic N) is 3. The van der Waals surface area contributed by atoms with Crippen LogP contribution in [0, 0.1) is 0 Å². The number of anilines is 2. The number of aliphatic hydroxyl groups is 1. The van der Waals surface area contributed by atoms with Crippen molar-refractivity contribution in [2.75, 3.05) is 30.9 Å². The summed E-state index contributed by atoms with van der Waals surface area (Å²) in [5.41, 5.74) is 1.97. The molecule has 0 aliphatic rings. The summed E-state index contributed by atoms with van der Waals surface area (Å²) in [6.07, 6.45) is 2.63. The van der Waals surface area contributed by atoms with Gasteiger partial charge in [-0.1, -0.05) is 64.0 Å². The van der Waals surface area contributed by atoms with Crippen molar-refractivity contribution in [2.45, 2.75) is 11.0 Å². The molecule has 4 rings (SSSR count). The summed E-state index contributed by atoms with van der Waals surface area (Å²) in [4.78, 5) is 55.0. The van der Waals surface area contributed by atoms with E-state index in [4.69, 9.17) is 33.0 Å². The summed E-state index contributed by atoms with van der Waals surface area (Å²) in [6.45, 7) is 1.56. The van der Waals surface area contributed by atoms with Crippen LogP contribution in [-0.2, 0) is 4.74 Å². The molecule has 0 fully saturated rings. The lowest BCUT2D eigenvalue weighted by Gasteiger charge is -2.15. The van der Waals surface area contributed by atoms with E-state index in [-0.39, 0.29) is 49.7 Å². The molecule has 1 atom stereocenters. The molecule has 2 aromatic heterocycles. The molecule has 1 unspecified atom stereocenters. The molecule has 15 heteroatoms. The first-order chi connectivity index (χ1) is 21.0. The van der Waals surface area contributed by atoms with Crippen LogP contribution in [0.15, 0.2) is 65.7 Å². The number of hydrogen-bond acceptors (Lipinski definition) is 8. The van der Waals surface area contributed by atoms with Crippen LogP contribution in [0.2, 0.25) is 10.0 Å². The quantitative estimate of drug-likeness (QED) is 0.101. The molecule has 4 aromatic rings. The van der Waals surface area contributed by atoms with Gasteiger partial charge in [0.05, 0.1) is 40.7 Å². The lowest BCUT2D eigenvalue weighted by Crippen LogP contribution is -2.30. The zero-order chi connectivity index (χ0) is 32.0. The molecule has 4 N–H and O–H groups in total. The Morgan fingerprint density at radius 3 is 2.34 bits per heavy atom. The van der Waals surface area contributed by atoms with Crippen molar-refractivity contribution in [1.29, 1.82) is 0 Å². The van der Waals surface area contributed by atoms with Gasteiger partial charge in [-0.15, -0.1) is 0 Å². The van der Waals surface area contributed by atoms with Crippen LogP contribution in [0.25, 0.3) is 22.4 Å². The van der Waals surface area contributed by atoms with Crippen LogP contribution in [0.3, 0.4) is 0 Å². The molecule has 3 amide bonds. The Kier molecular flexibility index (Phi) is 10.9. The fourth-order valence-corrected chi connectivity index (χ4v) is 4.91. The molecule has 0 saturated carbocycles. The van der Waals surface area contributed by atoms with Gasteiger partial charge in [-0.2, -0.15) is 5.10 Å². The molecule has 44 heavy (non-hydrogen) atoms. The number of urea groups is 1. The van der Waals surface area contributed by atoms with Crippen molar-refractivity contribution < 1.29 is 24.2 Å². The monoisotopic (exact) mass is 750 g/mol. The van der Waals surface area contributed by atoms with E-state index in [2.05, 4.69) is 26.0 Å². The number of aromatic nitrogens is 3. The number of carbonyl (C=O) groups is 3. The lowest BCUT2D eigenvalue weighted by atomic mass is 9.97. The predicted molar refractivity (Wildman–Crippen MR) is 176 cm³/mol. The Hall–Kier alpha value is -4.05. The Morgan fingerprint density at radius 2 is 1.68 bits per heavy atom. The minimum atomic E-state index is -0.762. The molecule has 12 nitrogen and oxygen atoms in total. The lowest BCUT2D eigenvalue weighted by molar-refractivity contribution is 0.0600. The number of benzene rings is 2. The minimum Gasteiger partial charge on any atom is -0.465 e. The van der Waals surface area contributed by atoms with Crippen LogP contribution >= 0.6 is 45.8 Å². The highest BCUT2D eigenvalue weighted by Crippen LogP contribution is 2.30. The summed E-state index contributed by atoms with van der Waals surface area (Å²) in [5, 5.41) is 21.5. The number of alkyl halides is 1. The minimum absolute atomic E-state index is 0.0414. The maximum Gasteiger partial charge on any atom is 0.337 e. The van der Waals surface area contributed by atoms with Crippen LogP contribution < -0.4 is 21.5 Å². The van der Waals surface area contributed by atoms with Gasteiger partial charge in [-0.05, 0) is 48.4 Å². The number of hydrogen-bond donors (Lipinski definition) is 4. The third-order valence-corrected chi connectivity index (χ3v) is 7.22. The van der Waals surface area contributed by atoms with Crippen LogP contribution in [-0.4, -0.2) is 58.0 Å². The Labute approximate surface area is 274 Å². The Balaban J connectivity index is 1.75. The first-order valence-corrected chi connectivity index (χ1v) is 14.9. The molecule has 0 aliphatic carbocycles. The van der Waals surface area contributed by atoms with Crippen LogP contribution in [0.1, 0.15) is 31.7 Å². The van der Waals surface area contributed by atoms with Crippen molar-refractivity contribution in [3.05, 3.63) is 92.5 Å². The zero-order valence-electron chi connectivity index (χ0n) is 23.2. The summed E-state index contributed by atoms with van der Waals surface area (Å²) in [7, 11) is 1.24. The summed E-state index contributed by atoms with van der Waals surface area (Å²) in [6, 6.07) is 12.3. The number of halogens is 3. The van der Waals surface area contributed by atoms with E-state index in [1.807, 2.05) is 22.6 Å². The number of esters is 1. The van der Waals surface area contributed by atoms with Crippen molar-refractivity contribution in [3.63, 3.8) is 0 Å². The van der Waals surface area contributed by atoms with Crippen molar-refractivity contribution >= 4 is 75.1 Å². The summed E-state index contributed by atoms with van der Waals surface area (Å²) >= 11 is 14.2. The highest BCUT2D eigenvalue weighted by atomic mass is 127. The largest absolute Gasteiger partial charge is 0.465 e. The van der Waals surface area contributed by atoms with Gasteiger partial charge in [0.1, 0.15) is 9.74 Å². The van der Waals surface area contributed by atoms with E-state index >= 15 is 0 Å². The number of carbonyl (C=O) groups excluding carboxylic acids is 3. The molecule has 0 saturated heterocycles. The standard InChI is InChI=1S/C29H25Cl2IN6O6/c1-15(32)38-27(41)24(35-29(43)36-25-21(30)13-33-14-22(25)31)12-23(37-38)17-5-3-4-16(8-17)18-9-19(26(40)34-6-7-39)11-20(10-18)28(42)44-2/h3-5,8-15,39H,6-7H2,1-2H3,(H,34,40)(H2,33,35,36,43). The van der Waals surface area contributed by atoms with Crippen LogP contribution in [0.5, 0.6) is 0 Å². The van der Waals surface area contributed by atoms with Gasteiger partial charge in [-0.3, -0.25) is 14.6 Å². The molecule has 228 valence electrons. The normalized spacial score (nSPS) is 11.4. The number of pyridine rings is 1. The second-order valence-electron chi connectivity index (χ2n) is 9.18. The van der Waals surface area contributed by atoms with Crippen LogP contribution in [0.4, 0.5) is 16.2 Å². The van der Waals surface area contributed by atoms with E-state index in [9.17, 15) is 19.2 Å². The number of rotatable bonds is 9. The van der Waals surface area contributed by atoms with Crippen molar-refractivity contribution in [2.24, 2.45) is 0 Å². The molecule has 0 bridgehead atoms. The molecule has 2 aromatic carbocycles. The van der Waals surface area contributed by atoms with Crippen molar-refractivity contribution in [3.8, 4) is 22.4 Å². The average molecular weight is 751 g/mol. The maximum absolute atomic E-state index is 13.2. The zero-order valence-corrected chi connectivity index (χ0v) is 26.9. The SMILES string of the molecule is COC(=O)c1cc(C(=O)NCCO)cc(-c2cccc(-c3cc(NC(=O)Nc4c(Cl)cncc4Cl)c(=O)n(C(C)I)n3)c2)c1. The Bertz CT molecular complexity index is 1780. The number of ether oxygens (including phenoxy) is 1. The van der Waals surface area contributed by atoms with E-state index in [1.54, 1.807) is 43.3 Å². The summed E-state index contributed by atoms with van der Waals surface area (Å²) in [5.74, 6) is -1.11. The fourth-order valence-electron chi connectivity index (χ4n) is 4.07. The van der Waals surface area contributed by atoms with E-state index in [0.29, 0.717) is 22.4 Å². The number of aliphatic hydroxyl groups excluding tert-OH is 1. The van der Waals surface area contributed by atoms with Gasteiger partial charge < -0.3 is 25.8 Å². The second-order valence-corrected chi connectivity index (χ2v) is 11.8. The maximum atomic E-state index is 13.2. The second kappa shape index (κ2) is 14.6. The Morgan fingerprint density at radius 1 is 1.00 bits per heavy atom. The first kappa shape index (κ1) is 32.9. The van der Waals surface area contributed by atoms with Gasteiger partial charge in [0, 0.05) is 30.1 Å². The van der Waals surface area contributed by atoms with Gasteiger partial charge in [0.25, 0.3) is 11.5 Å². The molecule has 0 spiro atoms. The van der Waals surface area contributed by atoms with Gasteiger partial charge >= 0.3 is 12.0 Å². The highest BCUT2D eigenvalue weighted by Gasteiger charge is 2.18.